The summed E-state index contributed by atoms with van der Waals surface area (Å²) < 4.78 is 54.2. The molecule has 7 N–H and O–H groups in total. The number of nitrogens with two attached hydrogens (primary N) is 2. The van der Waals surface area contributed by atoms with Crippen molar-refractivity contribution < 1.29 is 22.1 Å². The number of alkyl halides is 3. The van der Waals surface area contributed by atoms with E-state index in [1.165, 1.54) is 63.6 Å². The van der Waals surface area contributed by atoms with Crippen LogP contribution in [-0.4, -0.2) is 42.3 Å². The molecule has 4 rings (SSSR count). The van der Waals surface area contributed by atoms with E-state index in [4.69, 9.17) is 27.0 Å². The highest BCUT2D eigenvalue weighted by Crippen LogP contribution is 2.29. The van der Waals surface area contributed by atoms with Crippen molar-refractivity contribution >= 4 is 80.5 Å². The van der Waals surface area contributed by atoms with E-state index >= 15 is 0 Å². The van der Waals surface area contributed by atoms with Crippen LogP contribution in [0.15, 0.2) is 47.8 Å². The maximum atomic E-state index is 12.5. The Labute approximate surface area is 288 Å². The Hall–Kier alpha value is -2.98. The number of para-hydroxylation sites is 2. The van der Waals surface area contributed by atoms with Crippen LogP contribution in [0.5, 0.6) is 5.75 Å². The Morgan fingerprint density at radius 1 is 0.957 bits per heavy atom. The van der Waals surface area contributed by atoms with Crippen LogP contribution >= 0.6 is 48.3 Å². The van der Waals surface area contributed by atoms with Crippen LogP contribution in [0.4, 0.5) is 13.2 Å². The molecule has 0 spiro atoms. The average molecular weight is 739 g/mol. The van der Waals surface area contributed by atoms with Gasteiger partial charge in [-0.05, 0) is 73.7 Å². The number of H-pyrrole nitrogens is 1. The number of halogens is 5. The summed E-state index contributed by atoms with van der Waals surface area (Å²) in [6.07, 6.45) is -3.09. The Balaban J connectivity index is 0.000000458. The molecule has 0 aliphatic heterocycles. The molecule has 1 atom stereocenters. The fraction of sp³-hybridized carbons (Fsp3) is 0.310. The van der Waals surface area contributed by atoms with E-state index in [2.05, 4.69) is 41.8 Å². The fourth-order valence-corrected chi connectivity index (χ4v) is 6.85. The van der Waals surface area contributed by atoms with Gasteiger partial charge >= 0.3 is 6.18 Å². The lowest BCUT2D eigenvalue weighted by Gasteiger charge is -2.16. The third kappa shape index (κ3) is 12.0. The summed E-state index contributed by atoms with van der Waals surface area (Å²) in [6.45, 7) is 6.45. The van der Waals surface area contributed by atoms with Crippen LogP contribution in [0.2, 0.25) is 0 Å². The van der Waals surface area contributed by atoms with Gasteiger partial charge in [0.25, 0.3) is 0 Å². The second-order valence-corrected chi connectivity index (χ2v) is 13.1. The van der Waals surface area contributed by atoms with Crippen LogP contribution in [0.3, 0.4) is 0 Å². The monoisotopic (exact) mass is 737 g/mol. The molecule has 0 aliphatic rings. The van der Waals surface area contributed by atoms with Crippen molar-refractivity contribution in [3.05, 3.63) is 81.7 Å². The van der Waals surface area contributed by atoms with Crippen molar-refractivity contribution in [2.24, 2.45) is 11.5 Å². The molecular formula is C29H36Cl2F3N7O2S3. The number of thioether (sulfide) groups is 2. The molecule has 0 fully saturated rings. The zero-order valence-corrected chi connectivity index (χ0v) is 29.5. The topological polar surface area (TPSA) is 168 Å². The number of rotatable bonds is 9. The smallest absolute Gasteiger partial charge is 0.422 e. The van der Waals surface area contributed by atoms with Crippen LogP contribution in [0.1, 0.15) is 39.1 Å². The summed E-state index contributed by atoms with van der Waals surface area (Å²) in [5.41, 5.74) is 19.2. The van der Waals surface area contributed by atoms with Crippen LogP contribution in [0, 0.1) is 38.5 Å². The molecule has 0 bridgehead atoms. The summed E-state index contributed by atoms with van der Waals surface area (Å²) >= 11 is 2.68. The van der Waals surface area contributed by atoms with Crippen LogP contribution in [-0.2, 0) is 28.1 Å². The number of aromatic nitrogens is 3. The van der Waals surface area contributed by atoms with Gasteiger partial charge in [0, 0.05) is 23.3 Å². The highest BCUT2D eigenvalue weighted by Gasteiger charge is 2.29. The van der Waals surface area contributed by atoms with Gasteiger partial charge in [0.2, 0.25) is 0 Å². The minimum absolute atomic E-state index is 0. The quantitative estimate of drug-likeness (QED) is 0.0886. The lowest BCUT2D eigenvalue weighted by Crippen LogP contribution is -2.19. The highest BCUT2D eigenvalue weighted by atomic mass is 35.5. The van der Waals surface area contributed by atoms with Crippen molar-refractivity contribution in [1.82, 2.24) is 15.0 Å². The largest absolute Gasteiger partial charge is 0.484 e. The fourth-order valence-electron chi connectivity index (χ4n) is 4.27. The first-order chi connectivity index (χ1) is 20.7. The van der Waals surface area contributed by atoms with E-state index in [0.29, 0.717) is 33.4 Å². The Morgan fingerprint density at radius 3 is 2.04 bits per heavy atom. The number of nitrogens with one attached hydrogen (secondary N) is 3. The first-order valence-electron chi connectivity index (χ1n) is 13.2. The molecule has 9 nitrogen and oxygen atoms in total. The molecule has 2 heterocycles. The molecule has 0 amide bonds. The van der Waals surface area contributed by atoms with Crippen molar-refractivity contribution in [1.29, 1.82) is 10.8 Å². The van der Waals surface area contributed by atoms with E-state index in [0.717, 1.165) is 5.52 Å². The number of amidine groups is 2. The summed E-state index contributed by atoms with van der Waals surface area (Å²) in [4.78, 5) is 11.3. The lowest BCUT2D eigenvalue weighted by molar-refractivity contribution is -0.153. The summed E-state index contributed by atoms with van der Waals surface area (Å²) in [7, 11) is -1.51. The van der Waals surface area contributed by atoms with Crippen molar-refractivity contribution in [3.8, 4) is 5.75 Å². The molecule has 4 aromatic rings. The minimum Gasteiger partial charge on any atom is -0.484 e. The number of imidazole rings is 1. The standard InChI is InChI=1S/C16H14F3N3O2S.C13H20N4S2.2ClH/c1-10-13(20-7-6-14(10)24-9-16(17,18)19)8-25(23)15-21-11-4-2-3-5-12(11)22-15;1-7-4-8(2)11(6-19-13(16)17)9(3)10(7)5-18-12(14)15;;/h2-7H,8-9H2,1H3,(H,21,22);4H,5-6H2,1-3H3,(H3,14,15)(H3,16,17);2*1H. The van der Waals surface area contributed by atoms with E-state index in [1.54, 1.807) is 13.0 Å². The normalized spacial score (nSPS) is 11.5. The molecule has 0 saturated heterocycles. The maximum absolute atomic E-state index is 12.5. The molecule has 0 aliphatic carbocycles. The first kappa shape index (κ1) is 41.0. The first-order valence-corrected chi connectivity index (χ1v) is 16.4. The highest BCUT2D eigenvalue weighted by molar-refractivity contribution is 8.13. The van der Waals surface area contributed by atoms with Gasteiger partial charge in [0.1, 0.15) is 5.75 Å². The van der Waals surface area contributed by atoms with Gasteiger partial charge in [-0.1, -0.05) is 41.7 Å². The third-order valence-corrected chi connectivity index (χ3v) is 9.18. The molecule has 17 heteroatoms. The van der Waals surface area contributed by atoms with Gasteiger partial charge in [0.05, 0.1) is 33.3 Å². The van der Waals surface area contributed by atoms with E-state index < -0.39 is 23.6 Å². The molecule has 2 aromatic heterocycles. The zero-order chi connectivity index (χ0) is 32.6. The van der Waals surface area contributed by atoms with Crippen molar-refractivity contribution in [2.75, 3.05) is 6.61 Å². The van der Waals surface area contributed by atoms with E-state index in [1.807, 2.05) is 18.2 Å². The van der Waals surface area contributed by atoms with E-state index in [-0.39, 0.29) is 46.7 Å². The number of aromatic amines is 1. The second kappa shape index (κ2) is 18.4. The summed E-state index contributed by atoms with van der Waals surface area (Å²) in [6, 6.07) is 10.8. The Kier molecular flexibility index (Phi) is 16.4. The zero-order valence-electron chi connectivity index (χ0n) is 25.4. The number of pyridine rings is 1. The van der Waals surface area contributed by atoms with Gasteiger partial charge in [-0.3, -0.25) is 20.0 Å². The second-order valence-electron chi connectivity index (χ2n) is 9.73. The van der Waals surface area contributed by atoms with Crippen LogP contribution < -0.4 is 16.2 Å². The third-order valence-electron chi connectivity index (χ3n) is 6.54. The predicted molar refractivity (Wildman–Crippen MR) is 188 cm³/mol. The molecule has 252 valence electrons. The number of benzene rings is 2. The van der Waals surface area contributed by atoms with Crippen molar-refractivity contribution in [3.63, 3.8) is 0 Å². The Bertz CT molecular complexity index is 1610. The number of aryl methyl sites for hydroxylation is 2. The average Bonchev–Trinajstić information content (AvgIpc) is 3.37. The SMILES string of the molecule is Cc1c(OCC(F)(F)F)ccnc1CS(=O)c1nc2ccccc2[nH]1.Cc1cc(C)c(CSC(=N)N)c(C)c1CSC(=N)N.Cl.Cl. The maximum Gasteiger partial charge on any atom is 0.422 e. The summed E-state index contributed by atoms with van der Waals surface area (Å²) in [5.74, 6) is 1.52. The van der Waals surface area contributed by atoms with Gasteiger partial charge in [-0.15, -0.1) is 24.8 Å². The number of hydrogen-bond donors (Lipinski definition) is 5. The van der Waals surface area contributed by atoms with Crippen molar-refractivity contribution in [2.45, 2.75) is 56.3 Å². The number of fused-ring (bicyclic) bond motifs is 1. The Morgan fingerprint density at radius 2 is 1.52 bits per heavy atom. The molecule has 1 unspecified atom stereocenters. The predicted octanol–water partition coefficient (Wildman–Crippen LogP) is 7.22. The molecule has 0 radical (unpaired) electrons. The van der Waals surface area contributed by atoms with Crippen LogP contribution in [0.25, 0.3) is 11.0 Å². The van der Waals surface area contributed by atoms with Gasteiger partial charge in [-0.25, -0.2) is 4.98 Å². The number of nitrogens with zero attached hydrogens (tertiary/aromatic N) is 2. The number of hydrogen-bond acceptors (Lipinski definition) is 8. The molecule has 46 heavy (non-hydrogen) atoms. The molecule has 2 aromatic carbocycles. The summed E-state index contributed by atoms with van der Waals surface area (Å²) in [5, 5.41) is 15.2. The molecule has 0 saturated carbocycles. The van der Waals surface area contributed by atoms with E-state index in [9.17, 15) is 17.4 Å². The van der Waals surface area contributed by atoms with Gasteiger partial charge in [0.15, 0.2) is 22.1 Å². The molecular weight excluding hydrogens is 702 g/mol. The van der Waals surface area contributed by atoms with Gasteiger partial charge < -0.3 is 21.2 Å². The number of ether oxygens (including phenoxy) is 1. The lowest BCUT2D eigenvalue weighted by atomic mass is 9.95. The minimum atomic E-state index is -4.42. The van der Waals surface area contributed by atoms with Gasteiger partial charge in [-0.2, -0.15) is 13.2 Å².